The lowest BCUT2D eigenvalue weighted by atomic mass is 9.72. The van der Waals surface area contributed by atoms with Gasteiger partial charge in [-0.25, -0.2) is 5.26 Å². The van der Waals surface area contributed by atoms with Crippen molar-refractivity contribution >= 4 is 112 Å². The number of rotatable bonds is 25. The van der Waals surface area contributed by atoms with Crippen LogP contribution in [0.25, 0.3) is 21.5 Å². The minimum Gasteiger partial charge on any atom is -0.506 e. The number of hydrogen-bond acceptors (Lipinski definition) is 20. The number of aliphatic hydroxyl groups excluding tert-OH is 1. The topological polar surface area (TPSA) is 358 Å². The molecule has 7 rings (SSSR count). The van der Waals surface area contributed by atoms with Gasteiger partial charge in [0.15, 0.2) is 5.75 Å². The summed E-state index contributed by atoms with van der Waals surface area (Å²) >= 11 is 3.97. The van der Waals surface area contributed by atoms with Gasteiger partial charge in [-0.05, 0) is 120 Å². The number of hydrogen-bond donors (Lipinski definition) is 9. The van der Waals surface area contributed by atoms with Crippen molar-refractivity contribution < 1.29 is 92.4 Å². The van der Waals surface area contributed by atoms with Gasteiger partial charge >= 0.3 is 5.97 Å². The standard InChI is InChI=1S/C46H49N3O20S5/c1-45(15-7-3-5-9-39(50)47-17-18-72(56,57)58)37(48-33-13-11-27-29(41(33)45)19-25(73(59,60)61)21-35(27)65-67-68-70)23-31-43(53)32(44(31)54)24-38-46(2,16-8-4-6-10-40(51)52)42-30-20-26(74(62,63)64)22-36(71-69-66-55)28(30)12-14-34(42)49-38/h11-14,19-24,48,53,55,70H,3-10,15-18H2,1-2H3,(H,47,50)(H,51,52)(H,56,57,58)(H,59,60,61)(H,62,63,64). The van der Waals surface area contributed by atoms with Crippen molar-refractivity contribution in [3.63, 3.8) is 0 Å². The molecule has 0 bridgehead atoms. The number of nitrogens with one attached hydrogen (secondary N) is 2. The molecule has 0 aromatic heterocycles. The summed E-state index contributed by atoms with van der Waals surface area (Å²) in [5, 5.41) is 45.3. The summed E-state index contributed by atoms with van der Waals surface area (Å²) in [4.78, 5) is 47.2. The normalized spacial score (nSPS) is 19.7. The number of thiol groups is 1. The van der Waals surface area contributed by atoms with Crippen molar-refractivity contribution in [3.05, 3.63) is 94.4 Å². The molecule has 1 amide bonds. The Balaban J connectivity index is 1.28. The van der Waals surface area contributed by atoms with Crippen LogP contribution < -0.4 is 15.5 Å². The lowest BCUT2D eigenvalue weighted by Gasteiger charge is -2.30. The summed E-state index contributed by atoms with van der Waals surface area (Å²) < 4.78 is 111. The number of fused-ring (bicyclic) bond motifs is 6. The van der Waals surface area contributed by atoms with E-state index >= 15 is 0 Å². The number of amides is 1. The summed E-state index contributed by atoms with van der Waals surface area (Å²) in [6.45, 7) is 3.32. The molecule has 2 aliphatic heterocycles. The average molecular weight is 1120 g/mol. The molecule has 4 aromatic carbocycles. The Hall–Kier alpha value is -5.47. The molecule has 1 aliphatic carbocycles. The number of allylic oxidation sites excluding steroid dienone is 5. The lowest BCUT2D eigenvalue weighted by Crippen LogP contribution is -2.31. The second-order valence-corrected chi connectivity index (χ2v) is 23.3. The van der Waals surface area contributed by atoms with E-state index in [4.69, 9.17) is 19.7 Å². The molecule has 0 fully saturated rings. The van der Waals surface area contributed by atoms with Gasteiger partial charge in [0.2, 0.25) is 11.7 Å². The predicted molar refractivity (Wildman–Crippen MR) is 269 cm³/mol. The van der Waals surface area contributed by atoms with Crippen LogP contribution in [0.3, 0.4) is 0 Å². The first-order valence-corrected chi connectivity index (χ1v) is 28.1. The first-order valence-electron chi connectivity index (χ1n) is 22.5. The molecular weight excluding hydrogens is 1070 g/mol. The molecule has 2 heterocycles. The Morgan fingerprint density at radius 3 is 2.07 bits per heavy atom. The van der Waals surface area contributed by atoms with Gasteiger partial charge in [-0.1, -0.05) is 36.8 Å². The Morgan fingerprint density at radius 2 is 1.45 bits per heavy atom. The lowest BCUT2D eigenvalue weighted by molar-refractivity contribution is -0.432. The number of nitrogens with zero attached hydrogens (tertiary/aromatic N) is 1. The summed E-state index contributed by atoms with van der Waals surface area (Å²) in [6, 6.07) is 11.1. The number of aliphatic carboxylic acids is 1. The number of aliphatic imine (C=N–C) groups is 1. The zero-order chi connectivity index (χ0) is 54.0. The Labute approximate surface area is 433 Å². The van der Waals surface area contributed by atoms with E-state index in [-0.39, 0.29) is 58.7 Å². The van der Waals surface area contributed by atoms with E-state index in [1.54, 1.807) is 31.2 Å². The van der Waals surface area contributed by atoms with E-state index in [1.807, 2.05) is 6.92 Å². The number of carbonyl (C=O) groups is 3. The minimum atomic E-state index is -4.85. The second-order valence-electron chi connectivity index (χ2n) is 18.0. The summed E-state index contributed by atoms with van der Waals surface area (Å²) in [5.74, 6) is -3.27. The minimum absolute atomic E-state index is 0.0236. The number of carbonyl (C=O) groups excluding carboxylic acids is 2. The fraction of sp³-hybridized carbons (Fsp3) is 0.348. The fourth-order valence-corrected chi connectivity index (χ4v) is 11.7. The third-order valence-corrected chi connectivity index (χ3v) is 16.3. The summed E-state index contributed by atoms with van der Waals surface area (Å²) in [7, 11) is -14.0. The number of Topliss-reactive ketones (excluding diaryl/α,β-unsaturated/α-hetero) is 1. The molecule has 0 saturated carbocycles. The van der Waals surface area contributed by atoms with E-state index in [9.17, 15) is 59.0 Å². The number of anilines is 1. The Kier molecular flexibility index (Phi) is 17.0. The number of unbranched alkanes of at least 4 members (excludes halogenated alkanes) is 4. The zero-order valence-corrected chi connectivity index (χ0v) is 43.3. The number of ketones is 1. The van der Waals surface area contributed by atoms with Crippen LogP contribution in [0.1, 0.15) is 89.2 Å². The third-order valence-electron chi connectivity index (χ3n) is 13.2. The van der Waals surface area contributed by atoms with E-state index in [0.29, 0.717) is 101 Å². The van der Waals surface area contributed by atoms with Gasteiger partial charge in [0, 0.05) is 70.9 Å². The molecule has 2 atom stereocenters. The van der Waals surface area contributed by atoms with Crippen LogP contribution >= 0.6 is 25.0 Å². The summed E-state index contributed by atoms with van der Waals surface area (Å²) in [5.41, 5.74) is -0.0332. The van der Waals surface area contributed by atoms with Gasteiger partial charge in [0.05, 0.1) is 50.1 Å². The van der Waals surface area contributed by atoms with Crippen molar-refractivity contribution in [2.45, 2.75) is 104 Å². The van der Waals surface area contributed by atoms with Crippen LogP contribution in [0.4, 0.5) is 11.4 Å². The quantitative estimate of drug-likeness (QED) is 0.00578. The first-order chi connectivity index (χ1) is 34.8. The number of aliphatic hydroxyl groups is 1. The van der Waals surface area contributed by atoms with Crippen LogP contribution in [0.2, 0.25) is 0 Å². The molecule has 3 aliphatic rings. The highest BCUT2D eigenvalue weighted by molar-refractivity contribution is 7.94. The third kappa shape index (κ3) is 12.1. The molecule has 28 heteroatoms. The highest BCUT2D eigenvalue weighted by Crippen LogP contribution is 2.53. The summed E-state index contributed by atoms with van der Waals surface area (Å²) in [6.07, 6.45) is 5.86. The molecule has 8 N–H and O–H groups in total. The predicted octanol–water partition coefficient (Wildman–Crippen LogP) is 7.92. The van der Waals surface area contributed by atoms with E-state index < -0.39 is 80.1 Å². The van der Waals surface area contributed by atoms with E-state index in [0.717, 1.165) is 12.1 Å². The highest BCUT2D eigenvalue weighted by atomic mass is 32.2. The van der Waals surface area contributed by atoms with Gasteiger partial charge in [-0.3, -0.25) is 33.0 Å². The average Bonchev–Trinajstić information content (AvgIpc) is 3.78. The fourth-order valence-electron chi connectivity index (χ4n) is 9.62. The Morgan fingerprint density at radius 1 is 0.811 bits per heavy atom. The van der Waals surface area contributed by atoms with Gasteiger partial charge < -0.3 is 25.7 Å². The molecule has 0 spiro atoms. The largest absolute Gasteiger partial charge is 0.506 e. The van der Waals surface area contributed by atoms with Crippen molar-refractivity contribution in [2.75, 3.05) is 17.6 Å². The molecular formula is C46H49N3O20S5. The molecule has 74 heavy (non-hydrogen) atoms. The molecule has 398 valence electrons. The van der Waals surface area contributed by atoms with Gasteiger partial charge in [-0.15, -0.1) is 8.67 Å². The second kappa shape index (κ2) is 22.4. The zero-order valence-electron chi connectivity index (χ0n) is 39.2. The van der Waals surface area contributed by atoms with Gasteiger partial charge in [-0.2, -0.15) is 25.3 Å². The van der Waals surface area contributed by atoms with Crippen LogP contribution in [0.15, 0.2) is 103 Å². The van der Waals surface area contributed by atoms with Crippen molar-refractivity contribution in [1.29, 1.82) is 0 Å². The number of carboxylic acids is 1. The smallest absolute Gasteiger partial charge is 0.303 e. The van der Waals surface area contributed by atoms with Crippen LogP contribution in [-0.2, 0) is 74.3 Å². The maximum absolute atomic E-state index is 14.4. The molecule has 23 nitrogen and oxygen atoms in total. The molecule has 0 radical (unpaired) electrons. The molecule has 0 saturated heterocycles. The SMILES string of the molecule is CC1(CCCCCC(=O)NCCS(=O)(=O)O)C(=CC2=C(O)C(=CC3=Nc4ccc5c(SOOO)cc(S(=O)(=O)O)cc5c4C3(C)CCCCCC(=O)O)C2=O)Nc2ccc3c(OOOS)cc(S(=O)(=O)O)cc3c21. The van der Waals surface area contributed by atoms with Gasteiger partial charge in [0.25, 0.3) is 30.4 Å². The maximum Gasteiger partial charge on any atom is 0.303 e. The Bertz CT molecular complexity index is 3430. The first kappa shape index (κ1) is 56.3. The molecule has 4 aromatic rings. The van der Waals surface area contributed by atoms with Gasteiger partial charge in [0.1, 0.15) is 5.76 Å². The maximum atomic E-state index is 14.4. The van der Waals surface area contributed by atoms with Crippen LogP contribution in [0, 0.1) is 0 Å². The molecule has 2 unspecified atom stereocenters. The van der Waals surface area contributed by atoms with E-state index in [1.165, 1.54) is 24.3 Å². The van der Waals surface area contributed by atoms with Crippen molar-refractivity contribution in [2.24, 2.45) is 4.99 Å². The van der Waals surface area contributed by atoms with Crippen molar-refractivity contribution in [3.8, 4) is 5.75 Å². The monoisotopic (exact) mass is 1120 g/mol. The van der Waals surface area contributed by atoms with Crippen molar-refractivity contribution in [1.82, 2.24) is 5.32 Å². The van der Waals surface area contributed by atoms with E-state index in [2.05, 4.69) is 42.3 Å². The van der Waals surface area contributed by atoms with Crippen LogP contribution in [-0.4, -0.2) is 90.1 Å². The number of carboxylic acid groups (broad SMARTS) is 1. The number of benzene rings is 4. The highest BCUT2D eigenvalue weighted by Gasteiger charge is 2.45. The van der Waals surface area contributed by atoms with Crippen LogP contribution in [0.5, 0.6) is 5.75 Å².